The molecule has 1 N–H and O–H groups in total. The number of fused-ring (bicyclic) bond motifs is 1. The summed E-state index contributed by atoms with van der Waals surface area (Å²) in [5.41, 5.74) is 1.34. The average Bonchev–Trinajstić information content (AvgIpc) is 3.12. The van der Waals surface area contributed by atoms with E-state index < -0.39 is 5.97 Å². The molecule has 2 heterocycles. The van der Waals surface area contributed by atoms with Crippen molar-refractivity contribution in [2.24, 2.45) is 0 Å². The van der Waals surface area contributed by atoms with E-state index >= 15 is 0 Å². The number of thiazole rings is 1. The number of aromatic nitrogens is 1. The van der Waals surface area contributed by atoms with Gasteiger partial charge in [0.15, 0.2) is 11.5 Å². The van der Waals surface area contributed by atoms with E-state index in [1.807, 2.05) is 6.92 Å². The van der Waals surface area contributed by atoms with Gasteiger partial charge in [-0.25, -0.2) is 9.78 Å². The predicted molar refractivity (Wildman–Crippen MR) is 76.6 cm³/mol. The summed E-state index contributed by atoms with van der Waals surface area (Å²) in [4.78, 5) is 15.9. The molecule has 1 aromatic heterocycles. The molecule has 1 aliphatic heterocycles. The molecule has 110 valence electrons. The Morgan fingerprint density at radius 1 is 1.48 bits per heavy atom. The van der Waals surface area contributed by atoms with E-state index in [2.05, 4.69) is 4.98 Å². The zero-order valence-electron chi connectivity index (χ0n) is 11.5. The molecule has 0 bridgehead atoms. The molecule has 21 heavy (non-hydrogen) atoms. The lowest BCUT2D eigenvalue weighted by Crippen LogP contribution is -1.97. The Bertz CT molecular complexity index is 710. The third kappa shape index (κ3) is 2.29. The number of hydrogen-bond acceptors (Lipinski definition) is 6. The molecular formula is C14H13NO5S. The summed E-state index contributed by atoms with van der Waals surface area (Å²) in [5.74, 6) is 0.731. The fraction of sp³-hybridized carbons (Fsp3) is 0.286. The van der Waals surface area contributed by atoms with Gasteiger partial charge in [-0.1, -0.05) is 6.92 Å². The van der Waals surface area contributed by atoms with Crippen LogP contribution in [0.1, 0.15) is 22.3 Å². The van der Waals surface area contributed by atoms with Crippen LogP contribution in [0.25, 0.3) is 10.6 Å². The van der Waals surface area contributed by atoms with Crippen LogP contribution in [0.15, 0.2) is 12.1 Å². The number of aryl methyl sites for hydroxylation is 1. The fourth-order valence-electron chi connectivity index (χ4n) is 2.14. The summed E-state index contributed by atoms with van der Waals surface area (Å²) < 4.78 is 16.0. The van der Waals surface area contributed by atoms with Crippen molar-refractivity contribution in [3.63, 3.8) is 0 Å². The van der Waals surface area contributed by atoms with Crippen molar-refractivity contribution in [3.05, 3.63) is 22.7 Å². The molecule has 0 atom stereocenters. The molecule has 6 nitrogen and oxygen atoms in total. The number of carboxylic acids is 1. The Balaban J connectivity index is 2.11. The van der Waals surface area contributed by atoms with Crippen molar-refractivity contribution in [1.29, 1.82) is 0 Å². The minimum absolute atomic E-state index is 0.146. The minimum atomic E-state index is -0.955. The Morgan fingerprint density at radius 2 is 2.29 bits per heavy atom. The first kappa shape index (κ1) is 13.7. The molecule has 0 fully saturated rings. The molecule has 0 saturated heterocycles. The molecule has 0 unspecified atom stereocenters. The second-order valence-electron chi connectivity index (χ2n) is 4.37. The Labute approximate surface area is 124 Å². The summed E-state index contributed by atoms with van der Waals surface area (Å²) >= 11 is 1.15. The normalized spacial score (nSPS) is 12.5. The molecule has 2 aromatic rings. The van der Waals surface area contributed by atoms with Gasteiger partial charge in [-0.15, -0.1) is 11.3 Å². The Hall–Kier alpha value is -2.28. The largest absolute Gasteiger partial charge is 0.493 e. The number of carboxylic acid groups (broad SMARTS) is 1. The number of rotatable bonds is 4. The lowest BCUT2D eigenvalue weighted by atomic mass is 10.2. The third-order valence-corrected chi connectivity index (χ3v) is 4.27. The quantitative estimate of drug-likeness (QED) is 0.936. The van der Waals surface area contributed by atoms with Crippen LogP contribution in [-0.4, -0.2) is 30.0 Å². The highest BCUT2D eigenvalue weighted by Crippen LogP contribution is 2.45. The zero-order chi connectivity index (χ0) is 15.0. The number of hydrogen-bond donors (Lipinski definition) is 1. The molecule has 0 amide bonds. The maximum Gasteiger partial charge on any atom is 0.347 e. The van der Waals surface area contributed by atoms with E-state index in [1.54, 1.807) is 19.2 Å². The Morgan fingerprint density at radius 3 is 2.90 bits per heavy atom. The van der Waals surface area contributed by atoms with Gasteiger partial charge in [0.1, 0.15) is 9.88 Å². The van der Waals surface area contributed by atoms with Crippen molar-refractivity contribution in [2.45, 2.75) is 13.3 Å². The van der Waals surface area contributed by atoms with E-state index in [1.165, 1.54) is 0 Å². The number of nitrogens with zero attached hydrogens (tertiary/aromatic N) is 1. The van der Waals surface area contributed by atoms with Gasteiger partial charge in [-0.05, 0) is 18.6 Å². The van der Waals surface area contributed by atoms with Crippen molar-refractivity contribution >= 4 is 17.3 Å². The van der Waals surface area contributed by atoms with E-state index in [4.69, 9.17) is 14.2 Å². The average molecular weight is 307 g/mol. The van der Waals surface area contributed by atoms with Gasteiger partial charge in [0, 0.05) is 5.56 Å². The van der Waals surface area contributed by atoms with Crippen LogP contribution in [0.5, 0.6) is 17.2 Å². The Kier molecular flexibility index (Phi) is 3.42. The summed E-state index contributed by atoms with van der Waals surface area (Å²) in [7, 11) is 1.54. The monoisotopic (exact) mass is 307 g/mol. The number of benzene rings is 1. The minimum Gasteiger partial charge on any atom is -0.493 e. The number of ether oxygens (including phenoxy) is 3. The molecule has 0 saturated carbocycles. The lowest BCUT2D eigenvalue weighted by Gasteiger charge is -2.06. The van der Waals surface area contributed by atoms with Crippen molar-refractivity contribution in [2.75, 3.05) is 13.9 Å². The fourth-order valence-corrected chi connectivity index (χ4v) is 3.12. The summed E-state index contributed by atoms with van der Waals surface area (Å²) in [6.45, 7) is 2.03. The van der Waals surface area contributed by atoms with Crippen molar-refractivity contribution < 1.29 is 24.1 Å². The molecule has 1 aromatic carbocycles. The topological polar surface area (TPSA) is 77.9 Å². The van der Waals surface area contributed by atoms with E-state index in [9.17, 15) is 9.90 Å². The van der Waals surface area contributed by atoms with Gasteiger partial charge < -0.3 is 19.3 Å². The zero-order valence-corrected chi connectivity index (χ0v) is 12.3. The smallest absolute Gasteiger partial charge is 0.347 e. The summed E-state index contributed by atoms with van der Waals surface area (Å²) in [6.07, 6.45) is 0.569. The van der Waals surface area contributed by atoms with Gasteiger partial charge in [0.05, 0.1) is 12.8 Å². The van der Waals surface area contributed by atoms with Crippen LogP contribution < -0.4 is 14.2 Å². The van der Waals surface area contributed by atoms with Crippen LogP contribution >= 0.6 is 11.3 Å². The van der Waals surface area contributed by atoms with Crippen LogP contribution in [0.2, 0.25) is 0 Å². The lowest BCUT2D eigenvalue weighted by molar-refractivity contribution is 0.0701. The van der Waals surface area contributed by atoms with E-state index in [-0.39, 0.29) is 11.7 Å². The molecular weight excluding hydrogens is 294 g/mol. The first-order chi connectivity index (χ1) is 10.1. The highest BCUT2D eigenvalue weighted by Gasteiger charge is 2.23. The maximum atomic E-state index is 11.2. The molecule has 7 heteroatoms. The molecule has 3 rings (SSSR count). The highest BCUT2D eigenvalue weighted by molar-refractivity contribution is 7.17. The standard InChI is InChI=1S/C14H13NO5S/c1-3-8-12(14(16)17)21-13(15-8)7-4-9(18-2)11-10(5-7)19-6-20-11/h4-5H,3,6H2,1-2H3,(H,16,17). The molecule has 1 aliphatic rings. The first-order valence-corrected chi connectivity index (χ1v) is 7.16. The van der Waals surface area contributed by atoms with E-state index in [0.717, 1.165) is 16.9 Å². The first-order valence-electron chi connectivity index (χ1n) is 6.35. The van der Waals surface area contributed by atoms with Crippen LogP contribution in [0.3, 0.4) is 0 Å². The third-order valence-electron chi connectivity index (χ3n) is 3.13. The van der Waals surface area contributed by atoms with Gasteiger partial charge in [-0.3, -0.25) is 0 Å². The van der Waals surface area contributed by atoms with Crippen molar-refractivity contribution in [3.8, 4) is 27.8 Å². The second kappa shape index (κ2) is 5.25. The number of aromatic carboxylic acids is 1. The SMILES string of the molecule is CCc1nc(-c2cc(OC)c3c(c2)OCO3)sc1C(=O)O. The highest BCUT2D eigenvalue weighted by atomic mass is 32.1. The van der Waals surface area contributed by atoms with Crippen LogP contribution in [0.4, 0.5) is 0 Å². The van der Waals surface area contributed by atoms with E-state index in [0.29, 0.717) is 34.4 Å². The number of methoxy groups -OCH3 is 1. The summed E-state index contributed by atoms with van der Waals surface area (Å²) in [6, 6.07) is 3.56. The van der Waals surface area contributed by atoms with Gasteiger partial charge >= 0.3 is 5.97 Å². The molecule has 0 radical (unpaired) electrons. The predicted octanol–water partition coefficient (Wildman–Crippen LogP) is 2.81. The van der Waals surface area contributed by atoms with Gasteiger partial charge in [0.25, 0.3) is 0 Å². The van der Waals surface area contributed by atoms with Crippen LogP contribution in [-0.2, 0) is 6.42 Å². The summed E-state index contributed by atoms with van der Waals surface area (Å²) in [5, 5.41) is 9.84. The molecule has 0 spiro atoms. The molecule has 0 aliphatic carbocycles. The second-order valence-corrected chi connectivity index (χ2v) is 5.36. The maximum absolute atomic E-state index is 11.2. The van der Waals surface area contributed by atoms with Crippen LogP contribution in [0, 0.1) is 0 Å². The van der Waals surface area contributed by atoms with Crippen molar-refractivity contribution in [1.82, 2.24) is 4.98 Å². The number of carbonyl (C=O) groups is 1. The van der Waals surface area contributed by atoms with Gasteiger partial charge in [0.2, 0.25) is 12.5 Å². The van der Waals surface area contributed by atoms with Gasteiger partial charge in [-0.2, -0.15) is 0 Å².